The van der Waals surface area contributed by atoms with Crippen LogP contribution < -0.4 is 14.9 Å². The maximum Gasteiger partial charge on any atom is 0.261 e. The number of piperidine rings is 1. The lowest BCUT2D eigenvalue weighted by Gasteiger charge is -2.35. The van der Waals surface area contributed by atoms with Crippen molar-refractivity contribution in [2.24, 2.45) is 5.92 Å². The molecule has 9 heteroatoms. The van der Waals surface area contributed by atoms with E-state index in [2.05, 4.69) is 44.1 Å². The first-order valence-electron chi connectivity index (χ1n) is 15.0. The van der Waals surface area contributed by atoms with E-state index in [0.717, 1.165) is 82.9 Å². The van der Waals surface area contributed by atoms with E-state index in [-0.39, 0.29) is 10.8 Å². The lowest BCUT2D eigenvalue weighted by molar-refractivity contribution is 0.0374. The van der Waals surface area contributed by atoms with Crippen molar-refractivity contribution in [1.29, 1.82) is 0 Å². The summed E-state index contributed by atoms with van der Waals surface area (Å²) in [5.74, 6) is 0.413. The Balaban J connectivity index is 1.28. The van der Waals surface area contributed by atoms with Crippen LogP contribution in [0.15, 0.2) is 77.7 Å². The molecule has 2 fully saturated rings. The van der Waals surface area contributed by atoms with Gasteiger partial charge in [-0.05, 0) is 81.0 Å². The molecule has 2 aliphatic heterocycles. The van der Waals surface area contributed by atoms with E-state index < -0.39 is 10.0 Å². The van der Waals surface area contributed by atoms with Crippen LogP contribution in [-0.4, -0.2) is 71.7 Å². The van der Waals surface area contributed by atoms with Crippen LogP contribution in [0, 0.1) is 12.8 Å². The maximum absolute atomic E-state index is 13.5. The lowest BCUT2D eigenvalue weighted by Crippen LogP contribution is -2.38. The molecule has 3 aromatic rings. The van der Waals surface area contributed by atoms with E-state index in [4.69, 9.17) is 4.74 Å². The zero-order valence-electron chi connectivity index (χ0n) is 24.4. The number of benzene rings is 3. The lowest BCUT2D eigenvalue weighted by atomic mass is 9.89. The zero-order chi connectivity index (χ0) is 29.4. The van der Waals surface area contributed by atoms with Crippen LogP contribution in [0.25, 0.3) is 0 Å². The molecule has 1 amide bonds. The molecule has 0 radical (unpaired) electrons. The summed E-state index contributed by atoms with van der Waals surface area (Å²) in [6.07, 6.45) is 3.98. The number of morpholine rings is 1. The highest BCUT2D eigenvalue weighted by Gasteiger charge is 2.24. The highest BCUT2D eigenvalue weighted by atomic mass is 32.2. The minimum Gasteiger partial charge on any atom is -0.379 e. The van der Waals surface area contributed by atoms with Crippen LogP contribution >= 0.6 is 0 Å². The van der Waals surface area contributed by atoms with E-state index in [1.54, 1.807) is 36.4 Å². The third kappa shape index (κ3) is 8.12. The minimum atomic E-state index is -3.79. The largest absolute Gasteiger partial charge is 0.379 e. The Kier molecular flexibility index (Phi) is 10.2. The molecular formula is C33H42N4O4S. The van der Waals surface area contributed by atoms with Gasteiger partial charge in [0.25, 0.3) is 15.9 Å². The van der Waals surface area contributed by atoms with Crippen molar-refractivity contribution in [2.75, 3.05) is 62.1 Å². The molecule has 8 nitrogen and oxygen atoms in total. The number of hydrogen-bond acceptors (Lipinski definition) is 6. The number of ether oxygens (including phenoxy) is 1. The van der Waals surface area contributed by atoms with Gasteiger partial charge in [-0.2, -0.15) is 0 Å². The summed E-state index contributed by atoms with van der Waals surface area (Å²) in [6.45, 7) is 8.41. The highest BCUT2D eigenvalue weighted by molar-refractivity contribution is 7.92. The van der Waals surface area contributed by atoms with Gasteiger partial charge in [0.2, 0.25) is 0 Å². The fourth-order valence-electron chi connectivity index (χ4n) is 5.74. The van der Waals surface area contributed by atoms with Gasteiger partial charge in [0.1, 0.15) is 0 Å². The molecule has 0 saturated carbocycles. The van der Waals surface area contributed by atoms with Gasteiger partial charge >= 0.3 is 0 Å². The van der Waals surface area contributed by atoms with Crippen LogP contribution in [0.1, 0.15) is 40.7 Å². The third-order valence-corrected chi connectivity index (χ3v) is 9.58. The molecule has 0 atom stereocenters. The summed E-state index contributed by atoms with van der Waals surface area (Å²) in [5.41, 5.74) is 4.05. The first kappa shape index (κ1) is 30.1. The van der Waals surface area contributed by atoms with Crippen LogP contribution in [-0.2, 0) is 21.2 Å². The number of sulfonamides is 1. The van der Waals surface area contributed by atoms with Crippen molar-refractivity contribution < 1.29 is 17.9 Å². The van der Waals surface area contributed by atoms with Crippen LogP contribution in [0.3, 0.4) is 0 Å². The topological polar surface area (TPSA) is 91.0 Å². The Labute approximate surface area is 250 Å². The number of anilines is 2. The Morgan fingerprint density at radius 3 is 2.36 bits per heavy atom. The standard InChI is InChI=1S/C33H42N4O4S/c1-26-8-11-30(12-9-26)42(39,40)35-29-10-13-32(37-18-14-28(15-19-37)24-27-6-3-2-4-7-27)31(25-29)33(38)34-16-5-17-36-20-22-41-23-21-36/h2-4,6-13,25,28,35H,5,14-24H2,1H3,(H,34,38). The summed E-state index contributed by atoms with van der Waals surface area (Å²) in [4.78, 5) is 18.3. The predicted molar refractivity (Wildman–Crippen MR) is 168 cm³/mol. The molecule has 5 rings (SSSR count). The second-order valence-electron chi connectivity index (χ2n) is 11.3. The van der Waals surface area contributed by atoms with Gasteiger partial charge in [0.15, 0.2) is 0 Å². The fraction of sp³-hybridized carbons (Fsp3) is 0.424. The van der Waals surface area contributed by atoms with Crippen LogP contribution in [0.2, 0.25) is 0 Å². The van der Waals surface area contributed by atoms with E-state index >= 15 is 0 Å². The summed E-state index contributed by atoms with van der Waals surface area (Å²) in [7, 11) is -3.79. The average Bonchev–Trinajstić information content (AvgIpc) is 3.01. The van der Waals surface area contributed by atoms with Crippen molar-refractivity contribution in [2.45, 2.75) is 37.5 Å². The molecule has 0 aromatic heterocycles. The average molecular weight is 591 g/mol. The number of amides is 1. The van der Waals surface area contributed by atoms with Crippen molar-refractivity contribution in [3.05, 3.63) is 89.5 Å². The molecule has 3 aromatic carbocycles. The smallest absolute Gasteiger partial charge is 0.261 e. The van der Waals surface area contributed by atoms with Crippen molar-refractivity contribution >= 4 is 27.3 Å². The van der Waals surface area contributed by atoms with Gasteiger partial charge in [-0.15, -0.1) is 0 Å². The molecule has 2 N–H and O–H groups in total. The predicted octanol–water partition coefficient (Wildman–Crippen LogP) is 4.71. The van der Waals surface area contributed by atoms with Crippen molar-refractivity contribution in [1.82, 2.24) is 10.2 Å². The monoisotopic (exact) mass is 590 g/mol. The number of carbonyl (C=O) groups excluding carboxylic acids is 1. The van der Waals surface area contributed by atoms with Gasteiger partial charge in [-0.3, -0.25) is 14.4 Å². The summed E-state index contributed by atoms with van der Waals surface area (Å²) in [5, 5.41) is 3.09. The fourth-order valence-corrected chi connectivity index (χ4v) is 6.79. The quantitative estimate of drug-likeness (QED) is 0.315. The first-order chi connectivity index (χ1) is 20.4. The minimum absolute atomic E-state index is 0.185. The molecule has 2 aliphatic rings. The molecular weight excluding hydrogens is 548 g/mol. The Bertz CT molecular complexity index is 1420. The molecule has 42 heavy (non-hydrogen) atoms. The molecule has 0 unspecified atom stereocenters. The second kappa shape index (κ2) is 14.2. The Hall–Kier alpha value is -3.40. The molecule has 0 bridgehead atoms. The molecule has 0 aliphatic carbocycles. The van der Waals surface area contributed by atoms with E-state index in [0.29, 0.717) is 23.7 Å². The third-order valence-electron chi connectivity index (χ3n) is 8.19. The van der Waals surface area contributed by atoms with Gasteiger partial charge in [-0.1, -0.05) is 48.0 Å². The molecule has 2 heterocycles. The first-order valence-corrected chi connectivity index (χ1v) is 16.5. The summed E-state index contributed by atoms with van der Waals surface area (Å²) in [6, 6.07) is 22.6. The Morgan fingerprint density at radius 1 is 0.929 bits per heavy atom. The maximum atomic E-state index is 13.5. The van der Waals surface area contributed by atoms with Crippen LogP contribution in [0.4, 0.5) is 11.4 Å². The van der Waals surface area contributed by atoms with Crippen molar-refractivity contribution in [3.63, 3.8) is 0 Å². The summed E-state index contributed by atoms with van der Waals surface area (Å²) < 4.78 is 34.3. The molecule has 2 saturated heterocycles. The highest BCUT2D eigenvalue weighted by Crippen LogP contribution is 2.31. The zero-order valence-corrected chi connectivity index (χ0v) is 25.2. The number of nitrogens with one attached hydrogen (secondary N) is 2. The molecule has 224 valence electrons. The number of aryl methyl sites for hydroxylation is 1. The van der Waals surface area contributed by atoms with Gasteiger partial charge in [0.05, 0.1) is 23.7 Å². The van der Waals surface area contributed by atoms with E-state index in [9.17, 15) is 13.2 Å². The number of hydrogen-bond donors (Lipinski definition) is 2. The van der Waals surface area contributed by atoms with Crippen LogP contribution in [0.5, 0.6) is 0 Å². The van der Waals surface area contributed by atoms with E-state index in [1.165, 1.54) is 5.56 Å². The number of rotatable bonds is 11. The number of nitrogens with zero attached hydrogens (tertiary/aromatic N) is 2. The van der Waals surface area contributed by atoms with Gasteiger partial charge in [0, 0.05) is 44.1 Å². The number of carbonyl (C=O) groups is 1. The van der Waals surface area contributed by atoms with E-state index in [1.807, 2.05) is 19.1 Å². The second-order valence-corrected chi connectivity index (χ2v) is 13.0. The molecule has 0 spiro atoms. The SMILES string of the molecule is Cc1ccc(S(=O)(=O)Nc2ccc(N3CCC(Cc4ccccc4)CC3)c(C(=O)NCCCN3CCOCC3)c2)cc1. The summed E-state index contributed by atoms with van der Waals surface area (Å²) >= 11 is 0. The Morgan fingerprint density at radius 2 is 1.64 bits per heavy atom. The van der Waals surface area contributed by atoms with Gasteiger partial charge < -0.3 is 15.0 Å². The normalized spacial score (nSPS) is 16.7. The van der Waals surface area contributed by atoms with Crippen molar-refractivity contribution in [3.8, 4) is 0 Å². The van der Waals surface area contributed by atoms with Gasteiger partial charge in [-0.25, -0.2) is 8.42 Å².